The van der Waals surface area contributed by atoms with Gasteiger partial charge < -0.3 is 15.0 Å². The molecule has 1 aliphatic heterocycles. The standard InChI is InChI=1S/C19H13N5O2/c25-16-8-18(23-13-3-4-15-12(6-13)10-22-24-15)26-17(16)7-11-9-21-19-14(11)2-1-5-20-19/h1-10,23H,(H,20,21)(H,22,24)/b17-7-. The van der Waals surface area contributed by atoms with Crippen LogP contribution in [0.1, 0.15) is 5.56 Å². The summed E-state index contributed by atoms with van der Waals surface area (Å²) in [5, 5.41) is 11.9. The molecule has 126 valence electrons. The van der Waals surface area contributed by atoms with Crippen molar-refractivity contribution in [2.24, 2.45) is 0 Å². The highest BCUT2D eigenvalue weighted by Crippen LogP contribution is 2.26. The number of aromatic nitrogens is 4. The van der Waals surface area contributed by atoms with E-state index >= 15 is 0 Å². The Morgan fingerprint density at radius 1 is 1.23 bits per heavy atom. The Bertz CT molecular complexity index is 1210. The molecule has 4 aromatic rings. The summed E-state index contributed by atoms with van der Waals surface area (Å²) in [6.07, 6.45) is 8.42. The molecule has 0 saturated carbocycles. The molecule has 0 fully saturated rings. The van der Waals surface area contributed by atoms with Crippen LogP contribution >= 0.6 is 0 Å². The normalized spacial score (nSPS) is 15.6. The molecule has 1 aromatic carbocycles. The number of anilines is 1. The first-order valence-electron chi connectivity index (χ1n) is 8.04. The number of hydrogen-bond donors (Lipinski definition) is 3. The number of carbonyl (C=O) groups is 1. The Balaban J connectivity index is 1.40. The Hall–Kier alpha value is -3.87. The van der Waals surface area contributed by atoms with Gasteiger partial charge in [0.05, 0.1) is 17.8 Å². The van der Waals surface area contributed by atoms with Gasteiger partial charge in [0.25, 0.3) is 0 Å². The van der Waals surface area contributed by atoms with E-state index in [2.05, 4.69) is 25.5 Å². The monoisotopic (exact) mass is 343 g/mol. The van der Waals surface area contributed by atoms with Gasteiger partial charge in [-0.1, -0.05) is 0 Å². The van der Waals surface area contributed by atoms with Crippen LogP contribution in [0.3, 0.4) is 0 Å². The average Bonchev–Trinajstić information content (AvgIpc) is 3.35. The number of ketones is 1. The predicted molar refractivity (Wildman–Crippen MR) is 98.0 cm³/mol. The van der Waals surface area contributed by atoms with Crippen molar-refractivity contribution in [2.45, 2.75) is 0 Å². The summed E-state index contributed by atoms with van der Waals surface area (Å²) < 4.78 is 5.70. The Labute approximate surface area is 147 Å². The van der Waals surface area contributed by atoms with Gasteiger partial charge in [0.15, 0.2) is 5.76 Å². The number of rotatable bonds is 3. The second-order valence-electron chi connectivity index (χ2n) is 5.92. The molecule has 5 rings (SSSR count). The van der Waals surface area contributed by atoms with Crippen molar-refractivity contribution in [2.75, 3.05) is 5.32 Å². The molecule has 0 atom stereocenters. The summed E-state index contributed by atoms with van der Waals surface area (Å²) in [6, 6.07) is 9.53. The van der Waals surface area contributed by atoms with Gasteiger partial charge in [0.1, 0.15) is 5.65 Å². The second-order valence-corrected chi connectivity index (χ2v) is 5.92. The number of allylic oxidation sites excluding steroid dienone is 1. The van der Waals surface area contributed by atoms with E-state index in [-0.39, 0.29) is 11.5 Å². The lowest BCUT2D eigenvalue weighted by Crippen LogP contribution is -1.99. The molecule has 0 aliphatic carbocycles. The summed E-state index contributed by atoms with van der Waals surface area (Å²) >= 11 is 0. The van der Waals surface area contributed by atoms with Crippen molar-refractivity contribution >= 4 is 39.5 Å². The van der Waals surface area contributed by atoms with E-state index < -0.39 is 0 Å². The topological polar surface area (TPSA) is 95.7 Å². The number of pyridine rings is 1. The molecule has 1 aliphatic rings. The summed E-state index contributed by atoms with van der Waals surface area (Å²) in [4.78, 5) is 19.6. The fraction of sp³-hybridized carbons (Fsp3) is 0. The second kappa shape index (κ2) is 5.59. The van der Waals surface area contributed by atoms with Crippen LogP contribution in [0.4, 0.5) is 5.69 Å². The van der Waals surface area contributed by atoms with E-state index in [1.807, 2.05) is 30.3 Å². The number of nitrogens with zero attached hydrogens (tertiary/aromatic N) is 2. The zero-order chi connectivity index (χ0) is 17.5. The van der Waals surface area contributed by atoms with Crippen LogP contribution in [-0.4, -0.2) is 25.9 Å². The van der Waals surface area contributed by atoms with Crippen molar-refractivity contribution in [3.05, 3.63) is 72.2 Å². The molecule has 0 saturated heterocycles. The van der Waals surface area contributed by atoms with Crippen LogP contribution in [-0.2, 0) is 9.53 Å². The van der Waals surface area contributed by atoms with E-state index in [0.717, 1.165) is 33.2 Å². The van der Waals surface area contributed by atoms with Crippen LogP contribution in [0.5, 0.6) is 0 Å². The third kappa shape index (κ3) is 2.42. The molecule has 4 heterocycles. The van der Waals surface area contributed by atoms with Gasteiger partial charge in [-0.15, -0.1) is 0 Å². The molecule has 0 bridgehead atoms. The van der Waals surface area contributed by atoms with Crippen molar-refractivity contribution in [1.82, 2.24) is 20.2 Å². The molecular formula is C19H13N5O2. The van der Waals surface area contributed by atoms with E-state index in [1.165, 1.54) is 6.08 Å². The lowest BCUT2D eigenvalue weighted by Gasteiger charge is -2.07. The van der Waals surface area contributed by atoms with Crippen LogP contribution in [0.15, 0.2) is 66.6 Å². The number of ether oxygens (including phenoxy) is 1. The van der Waals surface area contributed by atoms with Gasteiger partial charge in [-0.05, 0) is 36.4 Å². The maximum Gasteiger partial charge on any atom is 0.226 e. The molecule has 3 aromatic heterocycles. The fourth-order valence-electron chi connectivity index (χ4n) is 2.95. The molecule has 0 radical (unpaired) electrons. The Morgan fingerprint density at radius 3 is 3.15 bits per heavy atom. The number of nitrogens with one attached hydrogen (secondary N) is 3. The van der Waals surface area contributed by atoms with Crippen LogP contribution in [0, 0.1) is 0 Å². The Morgan fingerprint density at radius 2 is 2.19 bits per heavy atom. The molecule has 0 spiro atoms. The lowest BCUT2D eigenvalue weighted by atomic mass is 10.2. The number of aromatic amines is 2. The smallest absolute Gasteiger partial charge is 0.226 e. The van der Waals surface area contributed by atoms with Gasteiger partial charge in [-0.25, -0.2) is 4.98 Å². The van der Waals surface area contributed by atoms with Gasteiger partial charge >= 0.3 is 0 Å². The van der Waals surface area contributed by atoms with Crippen LogP contribution < -0.4 is 5.32 Å². The molecule has 7 heteroatoms. The third-order valence-electron chi connectivity index (χ3n) is 4.20. The predicted octanol–water partition coefficient (Wildman–Crippen LogP) is 3.33. The van der Waals surface area contributed by atoms with Gasteiger partial charge in [0, 0.05) is 34.4 Å². The first-order chi connectivity index (χ1) is 12.8. The Kier molecular flexibility index (Phi) is 3.11. The minimum atomic E-state index is -0.185. The minimum Gasteiger partial charge on any atom is -0.437 e. The summed E-state index contributed by atoms with van der Waals surface area (Å²) in [5.41, 5.74) is 3.38. The largest absolute Gasteiger partial charge is 0.437 e. The number of H-pyrrole nitrogens is 2. The van der Waals surface area contributed by atoms with Crippen LogP contribution in [0.25, 0.3) is 28.0 Å². The highest BCUT2D eigenvalue weighted by Gasteiger charge is 2.21. The van der Waals surface area contributed by atoms with Crippen LogP contribution in [0.2, 0.25) is 0 Å². The van der Waals surface area contributed by atoms with E-state index in [9.17, 15) is 4.79 Å². The number of carbonyl (C=O) groups excluding carboxylic acids is 1. The molecule has 26 heavy (non-hydrogen) atoms. The number of benzene rings is 1. The maximum atomic E-state index is 12.3. The van der Waals surface area contributed by atoms with Crippen molar-refractivity contribution < 1.29 is 9.53 Å². The molecule has 3 N–H and O–H groups in total. The zero-order valence-electron chi connectivity index (χ0n) is 13.5. The average molecular weight is 343 g/mol. The fourth-order valence-corrected chi connectivity index (χ4v) is 2.95. The molecule has 7 nitrogen and oxygen atoms in total. The summed E-state index contributed by atoms with van der Waals surface area (Å²) in [6.45, 7) is 0. The number of fused-ring (bicyclic) bond motifs is 2. The number of hydrogen-bond acceptors (Lipinski definition) is 5. The highest BCUT2D eigenvalue weighted by molar-refractivity contribution is 6.09. The minimum absolute atomic E-state index is 0.185. The first kappa shape index (κ1) is 14.5. The van der Waals surface area contributed by atoms with Crippen molar-refractivity contribution in [3.8, 4) is 0 Å². The quantitative estimate of drug-likeness (QED) is 0.496. The summed E-state index contributed by atoms with van der Waals surface area (Å²) in [5.74, 6) is 0.471. The van der Waals surface area contributed by atoms with Crippen molar-refractivity contribution in [1.29, 1.82) is 0 Å². The van der Waals surface area contributed by atoms with E-state index in [1.54, 1.807) is 24.7 Å². The molecular weight excluding hydrogens is 330 g/mol. The van der Waals surface area contributed by atoms with E-state index in [4.69, 9.17) is 4.74 Å². The van der Waals surface area contributed by atoms with Gasteiger partial charge in [-0.3, -0.25) is 9.89 Å². The zero-order valence-corrected chi connectivity index (χ0v) is 13.5. The molecule has 0 unspecified atom stereocenters. The summed E-state index contributed by atoms with van der Waals surface area (Å²) in [7, 11) is 0. The lowest BCUT2D eigenvalue weighted by molar-refractivity contribution is -0.112. The van der Waals surface area contributed by atoms with Gasteiger partial charge in [-0.2, -0.15) is 5.10 Å². The van der Waals surface area contributed by atoms with Gasteiger partial charge in [0.2, 0.25) is 11.7 Å². The maximum absolute atomic E-state index is 12.3. The highest BCUT2D eigenvalue weighted by atomic mass is 16.5. The molecule has 0 amide bonds. The van der Waals surface area contributed by atoms with E-state index in [0.29, 0.717) is 5.88 Å². The van der Waals surface area contributed by atoms with Crippen molar-refractivity contribution in [3.63, 3.8) is 0 Å². The first-order valence-corrected chi connectivity index (χ1v) is 8.04. The third-order valence-corrected chi connectivity index (χ3v) is 4.20. The SMILES string of the molecule is O=C1C=C(Nc2ccc3[nH]ncc3c2)O/C1=C\c1c[nH]c2ncccc12.